The molecule has 0 bridgehead atoms. The van der Waals surface area contributed by atoms with Crippen LogP contribution in [0.4, 0.5) is 0 Å². The van der Waals surface area contributed by atoms with E-state index >= 15 is 0 Å². The van der Waals surface area contributed by atoms with Crippen LogP contribution in [0.15, 0.2) is 12.3 Å². The largest absolute Gasteiger partial charge is 0.497 e. The van der Waals surface area contributed by atoms with Crippen molar-refractivity contribution in [3.05, 3.63) is 12.3 Å². The fraction of sp³-hybridized carbons (Fsp3) is 0.882. The van der Waals surface area contributed by atoms with Crippen molar-refractivity contribution in [1.82, 2.24) is 4.90 Å². The number of allylic oxidation sites excluding steroid dienone is 1. The van der Waals surface area contributed by atoms with Gasteiger partial charge < -0.3 is 4.74 Å². The van der Waals surface area contributed by atoms with E-state index in [4.69, 9.17) is 4.74 Å². The minimum Gasteiger partial charge on any atom is -0.497 e. The van der Waals surface area contributed by atoms with Gasteiger partial charge in [-0.3, -0.25) is 4.90 Å². The lowest BCUT2D eigenvalue weighted by atomic mass is 10.1. The zero-order chi connectivity index (χ0) is 14.7. The third-order valence-corrected chi connectivity index (χ3v) is 3.56. The van der Waals surface area contributed by atoms with Gasteiger partial charge >= 0.3 is 0 Å². The summed E-state index contributed by atoms with van der Waals surface area (Å²) in [7, 11) is 0. The van der Waals surface area contributed by atoms with Crippen molar-refractivity contribution in [3.8, 4) is 0 Å². The zero-order valence-electron chi connectivity index (χ0n) is 13.9. The summed E-state index contributed by atoms with van der Waals surface area (Å²) in [6.45, 7) is 18.3. The Morgan fingerprint density at radius 3 is 2.37 bits per heavy atom. The van der Waals surface area contributed by atoms with Gasteiger partial charge in [0, 0.05) is 25.6 Å². The predicted molar refractivity (Wildman–Crippen MR) is 85.4 cm³/mol. The second kappa shape index (κ2) is 11.3. The molecule has 0 aliphatic carbocycles. The minimum atomic E-state index is 0.638. The first-order valence-electron chi connectivity index (χ1n) is 8.05. The van der Waals surface area contributed by atoms with Crippen LogP contribution in [0.5, 0.6) is 0 Å². The van der Waals surface area contributed by atoms with E-state index in [-0.39, 0.29) is 0 Å². The van der Waals surface area contributed by atoms with Gasteiger partial charge in [0.15, 0.2) is 0 Å². The molecule has 0 aromatic carbocycles. The van der Waals surface area contributed by atoms with Crippen molar-refractivity contribution in [2.24, 2.45) is 5.92 Å². The lowest BCUT2D eigenvalue weighted by Gasteiger charge is -2.30. The van der Waals surface area contributed by atoms with Crippen molar-refractivity contribution in [2.45, 2.75) is 72.8 Å². The molecule has 0 saturated heterocycles. The van der Waals surface area contributed by atoms with Gasteiger partial charge in [0.25, 0.3) is 0 Å². The second-order valence-corrected chi connectivity index (χ2v) is 5.99. The van der Waals surface area contributed by atoms with Crippen LogP contribution in [0.25, 0.3) is 0 Å². The summed E-state index contributed by atoms with van der Waals surface area (Å²) < 4.78 is 5.76. The summed E-state index contributed by atoms with van der Waals surface area (Å²) >= 11 is 0. The Balaban J connectivity index is 3.88. The van der Waals surface area contributed by atoms with Crippen molar-refractivity contribution in [3.63, 3.8) is 0 Å². The van der Waals surface area contributed by atoms with Gasteiger partial charge in [0.1, 0.15) is 6.61 Å². The fourth-order valence-corrected chi connectivity index (χ4v) is 2.17. The fourth-order valence-electron chi connectivity index (χ4n) is 2.17. The van der Waals surface area contributed by atoms with Gasteiger partial charge in [-0.2, -0.15) is 0 Å². The standard InChI is InChI=1S/C17H35NO/c1-7-9-10-11-17(6)19-13-12-18(14-15(3)4)16(5)8-2/h15-16H,6-14H2,1-5H3. The molecule has 114 valence electrons. The molecule has 0 aromatic rings. The third kappa shape index (κ3) is 10.0. The van der Waals surface area contributed by atoms with E-state index in [1.165, 1.54) is 25.7 Å². The highest BCUT2D eigenvalue weighted by atomic mass is 16.5. The van der Waals surface area contributed by atoms with Crippen LogP contribution in [0.1, 0.15) is 66.7 Å². The first-order valence-corrected chi connectivity index (χ1v) is 8.05. The highest BCUT2D eigenvalue weighted by Crippen LogP contribution is 2.10. The van der Waals surface area contributed by atoms with E-state index in [9.17, 15) is 0 Å². The minimum absolute atomic E-state index is 0.638. The van der Waals surface area contributed by atoms with E-state index < -0.39 is 0 Å². The van der Waals surface area contributed by atoms with Crippen LogP contribution in [0.2, 0.25) is 0 Å². The highest BCUT2D eigenvalue weighted by Gasteiger charge is 2.13. The molecule has 0 spiro atoms. The van der Waals surface area contributed by atoms with Crippen LogP contribution in [-0.2, 0) is 4.74 Å². The quantitative estimate of drug-likeness (QED) is 0.371. The maximum atomic E-state index is 5.76. The Hall–Kier alpha value is -0.500. The molecule has 0 N–H and O–H groups in total. The van der Waals surface area contributed by atoms with Crippen LogP contribution in [0, 0.1) is 5.92 Å². The molecule has 0 aromatic heterocycles. The lowest BCUT2D eigenvalue weighted by molar-refractivity contribution is 0.117. The second-order valence-electron chi connectivity index (χ2n) is 5.99. The molecule has 2 heteroatoms. The van der Waals surface area contributed by atoms with Gasteiger partial charge in [-0.1, -0.05) is 47.1 Å². The maximum Gasteiger partial charge on any atom is 0.100 e. The number of nitrogens with zero attached hydrogens (tertiary/aromatic N) is 1. The summed E-state index contributed by atoms with van der Waals surface area (Å²) in [5, 5.41) is 0. The average molecular weight is 269 g/mol. The molecule has 0 aliphatic rings. The molecule has 0 fully saturated rings. The molecule has 0 rings (SSSR count). The average Bonchev–Trinajstić information content (AvgIpc) is 2.36. The first-order chi connectivity index (χ1) is 9.01. The Morgan fingerprint density at radius 1 is 1.16 bits per heavy atom. The van der Waals surface area contributed by atoms with Crippen molar-refractivity contribution < 1.29 is 4.74 Å². The molecular formula is C17H35NO. The number of unbranched alkanes of at least 4 members (excludes halogenated alkanes) is 2. The third-order valence-electron chi connectivity index (χ3n) is 3.56. The monoisotopic (exact) mass is 269 g/mol. The summed E-state index contributed by atoms with van der Waals surface area (Å²) in [5.74, 6) is 1.67. The van der Waals surface area contributed by atoms with Gasteiger partial charge in [-0.15, -0.1) is 0 Å². The zero-order valence-corrected chi connectivity index (χ0v) is 13.9. The molecular weight excluding hydrogens is 234 g/mol. The molecule has 0 heterocycles. The van der Waals surface area contributed by atoms with E-state index in [1.807, 2.05) is 0 Å². The number of hydrogen-bond donors (Lipinski definition) is 0. The Labute approximate surface area is 121 Å². The summed E-state index contributed by atoms with van der Waals surface area (Å²) in [5.41, 5.74) is 0. The summed E-state index contributed by atoms with van der Waals surface area (Å²) in [6.07, 6.45) is 5.94. The van der Waals surface area contributed by atoms with Gasteiger partial charge in [0.2, 0.25) is 0 Å². The Kier molecular flexibility index (Phi) is 11.0. The molecule has 0 amide bonds. The summed E-state index contributed by atoms with van der Waals surface area (Å²) in [6, 6.07) is 0.638. The van der Waals surface area contributed by atoms with Gasteiger partial charge in [-0.05, 0) is 25.7 Å². The van der Waals surface area contributed by atoms with E-state index in [2.05, 4.69) is 46.1 Å². The molecule has 0 aliphatic heterocycles. The number of rotatable bonds is 12. The van der Waals surface area contributed by atoms with E-state index in [0.29, 0.717) is 12.0 Å². The van der Waals surface area contributed by atoms with Crippen molar-refractivity contribution >= 4 is 0 Å². The Morgan fingerprint density at radius 2 is 1.84 bits per heavy atom. The predicted octanol–water partition coefficient (Wildman–Crippen LogP) is 4.85. The SMILES string of the molecule is C=C(CCCCC)OCCN(CC(C)C)C(C)CC. The smallest absolute Gasteiger partial charge is 0.100 e. The van der Waals surface area contributed by atoms with Crippen LogP contribution >= 0.6 is 0 Å². The van der Waals surface area contributed by atoms with Crippen LogP contribution in [-0.4, -0.2) is 30.6 Å². The van der Waals surface area contributed by atoms with Crippen molar-refractivity contribution in [2.75, 3.05) is 19.7 Å². The van der Waals surface area contributed by atoms with Crippen molar-refractivity contribution in [1.29, 1.82) is 0 Å². The summed E-state index contributed by atoms with van der Waals surface area (Å²) in [4.78, 5) is 2.53. The molecule has 2 nitrogen and oxygen atoms in total. The number of ether oxygens (including phenoxy) is 1. The topological polar surface area (TPSA) is 12.5 Å². The molecule has 1 unspecified atom stereocenters. The lowest BCUT2D eigenvalue weighted by Crippen LogP contribution is -2.38. The molecule has 0 radical (unpaired) electrons. The molecule has 19 heavy (non-hydrogen) atoms. The van der Waals surface area contributed by atoms with Crippen LogP contribution in [0.3, 0.4) is 0 Å². The Bertz CT molecular complexity index is 225. The normalized spacial score (nSPS) is 13.0. The molecule has 0 saturated carbocycles. The highest BCUT2D eigenvalue weighted by molar-refractivity contribution is 4.82. The first kappa shape index (κ1) is 18.5. The maximum absolute atomic E-state index is 5.76. The van der Waals surface area contributed by atoms with Gasteiger partial charge in [-0.25, -0.2) is 0 Å². The van der Waals surface area contributed by atoms with Crippen LogP contribution < -0.4 is 0 Å². The number of hydrogen-bond acceptors (Lipinski definition) is 2. The molecule has 1 atom stereocenters. The van der Waals surface area contributed by atoms with E-state index in [0.717, 1.165) is 31.9 Å². The van der Waals surface area contributed by atoms with E-state index in [1.54, 1.807) is 0 Å². The van der Waals surface area contributed by atoms with Gasteiger partial charge in [0.05, 0.1) is 5.76 Å².